The maximum atomic E-state index is 13.8. The molecule has 1 unspecified atom stereocenters. The molecule has 1 aromatic rings. The van der Waals surface area contributed by atoms with Gasteiger partial charge in [-0.3, -0.25) is 9.05 Å². The zero-order valence-corrected chi connectivity index (χ0v) is 25.8. The van der Waals surface area contributed by atoms with Gasteiger partial charge in [0.05, 0.1) is 6.61 Å². The molecule has 0 aromatic heterocycles. The highest BCUT2D eigenvalue weighted by Crippen LogP contribution is 2.53. The number of carbonyl (C=O) groups excluding carboxylic acids is 1. The highest BCUT2D eigenvalue weighted by Gasteiger charge is 2.50. The first-order valence-corrected chi connectivity index (χ1v) is 16.6. The number of hydrogen-bond donors (Lipinski definition) is 2. The number of rotatable bonds is 15. The lowest BCUT2D eigenvalue weighted by Gasteiger charge is -2.33. The normalized spacial score (nSPS) is 22.0. The van der Waals surface area contributed by atoms with Crippen molar-refractivity contribution in [3.63, 3.8) is 0 Å². The van der Waals surface area contributed by atoms with E-state index < -0.39 is 19.4 Å². The van der Waals surface area contributed by atoms with Crippen molar-refractivity contribution < 1.29 is 33.1 Å². The van der Waals surface area contributed by atoms with E-state index in [1.807, 2.05) is 19.9 Å². The minimum Gasteiger partial charge on any atom is -0.507 e. The molecule has 40 heavy (non-hydrogen) atoms. The van der Waals surface area contributed by atoms with Gasteiger partial charge < -0.3 is 14.7 Å². The van der Waals surface area contributed by atoms with Crippen molar-refractivity contribution >= 4 is 13.8 Å². The lowest BCUT2D eigenvalue weighted by Crippen LogP contribution is -2.41. The van der Waals surface area contributed by atoms with E-state index in [1.165, 1.54) is 5.57 Å². The molecule has 224 valence electrons. The van der Waals surface area contributed by atoms with Gasteiger partial charge in [-0.1, -0.05) is 69.8 Å². The van der Waals surface area contributed by atoms with E-state index in [2.05, 4.69) is 26.5 Å². The number of aryl methyl sites for hydroxylation is 1. The maximum Gasteiger partial charge on any atom is 0.473 e. The van der Waals surface area contributed by atoms with E-state index >= 15 is 0 Å². The molecule has 3 atom stereocenters. The Morgan fingerprint density at radius 2 is 1.82 bits per heavy atom. The summed E-state index contributed by atoms with van der Waals surface area (Å²) >= 11 is 0. The van der Waals surface area contributed by atoms with Crippen molar-refractivity contribution in [1.82, 2.24) is 0 Å². The quantitative estimate of drug-likeness (QED) is 0.0708. The molecule has 2 aliphatic rings. The van der Waals surface area contributed by atoms with Gasteiger partial charge in [-0.05, 0) is 88.8 Å². The Balaban J connectivity index is 1.89. The fourth-order valence-electron chi connectivity index (χ4n) is 6.03. The summed E-state index contributed by atoms with van der Waals surface area (Å²) in [6, 6.07) is 3.57. The van der Waals surface area contributed by atoms with Crippen LogP contribution in [-0.2, 0) is 24.8 Å². The summed E-state index contributed by atoms with van der Waals surface area (Å²) in [5.74, 6) is -0.482. The van der Waals surface area contributed by atoms with Crippen LogP contribution in [0.3, 0.4) is 0 Å². The number of phosphoric ester groups is 1. The Morgan fingerprint density at radius 3 is 2.48 bits per heavy atom. The fraction of sp³-hybridized carbons (Fsp3) is 0.656. The van der Waals surface area contributed by atoms with Gasteiger partial charge >= 0.3 is 13.8 Å². The molecule has 7 nitrogen and oxygen atoms in total. The SMILES string of the molecule is C=C(C)[C@@H]1CCC(C)=C[C@H]1c1c(O)cc(CCC)cc1OC(=O)C1(OP(=O)(O)OCCCCCCC)CCCC1. The molecule has 8 heteroatoms. The lowest BCUT2D eigenvalue weighted by atomic mass is 9.73. The van der Waals surface area contributed by atoms with E-state index in [4.69, 9.17) is 13.8 Å². The van der Waals surface area contributed by atoms with Crippen molar-refractivity contribution in [2.45, 2.75) is 123 Å². The molecule has 2 N–H and O–H groups in total. The van der Waals surface area contributed by atoms with Gasteiger partial charge in [0.2, 0.25) is 0 Å². The highest BCUT2D eigenvalue weighted by atomic mass is 31.2. The number of hydrogen-bond acceptors (Lipinski definition) is 6. The second-order valence-corrected chi connectivity index (χ2v) is 13.1. The number of phenols is 1. The summed E-state index contributed by atoms with van der Waals surface area (Å²) in [5.41, 5.74) is 2.04. The number of benzene rings is 1. The number of phenolic OH excluding ortho intramolecular Hbond substituents is 1. The van der Waals surface area contributed by atoms with Crippen molar-refractivity contribution in [1.29, 1.82) is 0 Å². The number of aromatic hydroxyl groups is 1. The van der Waals surface area contributed by atoms with Crippen LogP contribution in [0.5, 0.6) is 11.5 Å². The molecule has 0 radical (unpaired) electrons. The van der Waals surface area contributed by atoms with Crippen LogP contribution in [0, 0.1) is 5.92 Å². The van der Waals surface area contributed by atoms with Crippen LogP contribution in [0.25, 0.3) is 0 Å². The van der Waals surface area contributed by atoms with Gasteiger partial charge in [-0.15, -0.1) is 0 Å². The molecular weight excluding hydrogens is 527 g/mol. The Labute approximate surface area is 240 Å². The Hall–Kier alpha value is -1.92. The van der Waals surface area contributed by atoms with E-state index in [0.29, 0.717) is 31.2 Å². The van der Waals surface area contributed by atoms with Crippen LogP contribution in [0.15, 0.2) is 35.9 Å². The first-order valence-electron chi connectivity index (χ1n) is 15.1. The average Bonchev–Trinajstić information content (AvgIpc) is 3.35. The minimum atomic E-state index is -4.49. The summed E-state index contributed by atoms with van der Waals surface area (Å²) in [4.78, 5) is 24.4. The molecule has 0 heterocycles. The highest BCUT2D eigenvalue weighted by molar-refractivity contribution is 7.47. The predicted molar refractivity (Wildman–Crippen MR) is 159 cm³/mol. The summed E-state index contributed by atoms with van der Waals surface area (Å²) in [6.07, 6.45) is 12.2. The second-order valence-electron chi connectivity index (χ2n) is 11.7. The number of carbonyl (C=O) groups is 1. The van der Waals surface area contributed by atoms with Crippen LogP contribution in [0.1, 0.15) is 122 Å². The monoisotopic (exact) mass is 576 g/mol. The minimum absolute atomic E-state index is 0.0802. The summed E-state index contributed by atoms with van der Waals surface area (Å²) in [7, 11) is -4.49. The Morgan fingerprint density at radius 1 is 1.12 bits per heavy atom. The molecule has 0 amide bonds. The van der Waals surface area contributed by atoms with Gasteiger partial charge in [0.25, 0.3) is 0 Å². The number of phosphoric acid groups is 1. The van der Waals surface area contributed by atoms with Crippen molar-refractivity contribution in [3.8, 4) is 11.5 Å². The molecule has 0 bridgehead atoms. The smallest absolute Gasteiger partial charge is 0.473 e. The summed E-state index contributed by atoms with van der Waals surface area (Å²) in [5, 5.41) is 11.3. The lowest BCUT2D eigenvalue weighted by molar-refractivity contribution is -0.153. The van der Waals surface area contributed by atoms with Crippen LogP contribution in [0.2, 0.25) is 0 Å². The first-order chi connectivity index (χ1) is 19.0. The average molecular weight is 577 g/mol. The Bertz CT molecular complexity index is 1100. The second kappa shape index (κ2) is 14.8. The molecule has 1 fully saturated rings. The van der Waals surface area contributed by atoms with Gasteiger partial charge in [0.15, 0.2) is 5.60 Å². The van der Waals surface area contributed by atoms with Crippen molar-refractivity contribution in [2.24, 2.45) is 5.92 Å². The molecule has 3 rings (SSSR count). The molecule has 2 aliphatic carbocycles. The zero-order chi connectivity index (χ0) is 29.3. The van der Waals surface area contributed by atoms with Gasteiger partial charge in [0, 0.05) is 11.5 Å². The van der Waals surface area contributed by atoms with Gasteiger partial charge in [-0.25, -0.2) is 9.36 Å². The molecule has 0 spiro atoms. The first kappa shape index (κ1) is 32.6. The third kappa shape index (κ3) is 8.55. The third-order valence-electron chi connectivity index (χ3n) is 8.21. The third-order valence-corrected chi connectivity index (χ3v) is 9.30. The van der Waals surface area contributed by atoms with E-state index in [1.54, 1.807) is 6.07 Å². The standard InChI is InChI=1S/C32H49O7P/c1-6-8-9-10-13-19-37-40(35,36)39-32(17-11-12-18-32)31(34)38-29-22-25(14-7-2)21-28(33)30(29)27-20-24(5)15-16-26(27)23(3)4/h20-22,26-27,33H,3,6-19H2,1-2,4-5H3,(H,35,36)/t26-,27+/m0/s1. The molecule has 1 saturated carbocycles. The zero-order valence-electron chi connectivity index (χ0n) is 24.9. The van der Waals surface area contributed by atoms with Crippen molar-refractivity contribution in [3.05, 3.63) is 47.1 Å². The van der Waals surface area contributed by atoms with Crippen LogP contribution < -0.4 is 4.74 Å². The number of allylic oxidation sites excluding steroid dienone is 3. The molecule has 0 aliphatic heterocycles. The molecular formula is C32H49O7P. The van der Waals surface area contributed by atoms with Gasteiger partial charge in [0.1, 0.15) is 11.5 Å². The summed E-state index contributed by atoms with van der Waals surface area (Å²) in [6.45, 7) is 12.5. The topological polar surface area (TPSA) is 102 Å². The maximum absolute atomic E-state index is 13.8. The van der Waals surface area contributed by atoms with E-state index in [0.717, 1.165) is 56.1 Å². The molecule has 1 aromatic carbocycles. The van der Waals surface area contributed by atoms with E-state index in [-0.39, 0.29) is 42.8 Å². The number of unbranched alkanes of at least 4 members (excludes halogenated alkanes) is 4. The van der Waals surface area contributed by atoms with E-state index in [9.17, 15) is 19.4 Å². The molecule has 0 saturated heterocycles. The van der Waals surface area contributed by atoms with Crippen LogP contribution in [0.4, 0.5) is 0 Å². The van der Waals surface area contributed by atoms with Gasteiger partial charge in [-0.2, -0.15) is 0 Å². The van der Waals surface area contributed by atoms with Crippen LogP contribution in [-0.4, -0.2) is 28.2 Å². The number of ether oxygens (including phenoxy) is 1. The predicted octanol–water partition coefficient (Wildman–Crippen LogP) is 8.68. The van der Waals surface area contributed by atoms with Crippen LogP contribution >= 0.6 is 7.82 Å². The summed E-state index contributed by atoms with van der Waals surface area (Å²) < 4.78 is 29.9. The fourth-order valence-corrected chi connectivity index (χ4v) is 7.14. The largest absolute Gasteiger partial charge is 0.507 e. The Kier molecular flexibility index (Phi) is 12.1. The number of esters is 1. The van der Waals surface area contributed by atoms with Crippen molar-refractivity contribution in [2.75, 3.05) is 6.61 Å².